The molecule has 0 unspecified atom stereocenters. The van der Waals surface area contributed by atoms with E-state index in [0.29, 0.717) is 5.56 Å². The monoisotopic (exact) mass is 238 g/mol. The topological polar surface area (TPSA) is 87.1 Å². The van der Waals surface area contributed by atoms with Crippen molar-refractivity contribution in [1.29, 1.82) is 5.26 Å². The number of hydrogen-bond acceptors (Lipinski definition) is 3. The highest BCUT2D eigenvalue weighted by Gasteiger charge is 2.06. The molecule has 0 aliphatic rings. The lowest BCUT2D eigenvalue weighted by Gasteiger charge is -2.04. The molecule has 0 heterocycles. The maximum absolute atomic E-state index is 11.0. The van der Waals surface area contributed by atoms with Crippen LogP contribution in [0.4, 0.5) is 0 Å². The molecule has 4 nitrogen and oxygen atoms in total. The van der Waals surface area contributed by atoms with Crippen molar-refractivity contribution >= 4 is 22.8 Å². The second kappa shape index (κ2) is 4.60. The minimum atomic E-state index is -0.787. The van der Waals surface area contributed by atoms with E-state index < -0.39 is 5.91 Å². The van der Waals surface area contributed by atoms with Gasteiger partial charge in [0.15, 0.2) is 0 Å². The van der Waals surface area contributed by atoms with Crippen molar-refractivity contribution in [2.24, 2.45) is 5.73 Å². The Labute approximate surface area is 104 Å². The number of primary amides is 1. The summed E-state index contributed by atoms with van der Waals surface area (Å²) in [6, 6.07) is 12.2. The van der Waals surface area contributed by atoms with E-state index in [-0.39, 0.29) is 11.3 Å². The molecule has 0 spiro atoms. The molecule has 0 aliphatic carbocycles. The number of amides is 1. The van der Waals surface area contributed by atoms with Crippen LogP contribution in [0, 0.1) is 11.3 Å². The number of hydrogen-bond donors (Lipinski definition) is 2. The molecule has 3 N–H and O–H groups in total. The van der Waals surface area contributed by atoms with Gasteiger partial charge in [0, 0.05) is 0 Å². The van der Waals surface area contributed by atoms with Crippen LogP contribution in [-0.4, -0.2) is 11.0 Å². The lowest BCUT2D eigenvalue weighted by Crippen LogP contribution is -2.12. The van der Waals surface area contributed by atoms with Gasteiger partial charge < -0.3 is 10.8 Å². The van der Waals surface area contributed by atoms with Crippen LogP contribution in [0.3, 0.4) is 0 Å². The molecule has 0 saturated heterocycles. The third-order valence-corrected chi connectivity index (χ3v) is 2.56. The number of phenols is 1. The molecule has 2 aromatic rings. The predicted molar refractivity (Wildman–Crippen MR) is 68.4 cm³/mol. The van der Waals surface area contributed by atoms with Crippen molar-refractivity contribution in [3.8, 4) is 11.8 Å². The number of benzene rings is 2. The largest absolute Gasteiger partial charge is 0.508 e. The minimum absolute atomic E-state index is 0.0710. The maximum Gasteiger partial charge on any atom is 0.259 e. The Hall–Kier alpha value is -2.80. The first kappa shape index (κ1) is 11.7. The average molecular weight is 238 g/mol. The molecule has 0 aliphatic heterocycles. The molecule has 0 radical (unpaired) electrons. The second-order valence-electron chi connectivity index (χ2n) is 3.79. The molecule has 4 heteroatoms. The van der Waals surface area contributed by atoms with E-state index >= 15 is 0 Å². The van der Waals surface area contributed by atoms with E-state index in [1.165, 1.54) is 12.1 Å². The van der Waals surface area contributed by atoms with E-state index in [4.69, 9.17) is 11.0 Å². The van der Waals surface area contributed by atoms with E-state index in [1.54, 1.807) is 12.1 Å². The van der Waals surface area contributed by atoms with Gasteiger partial charge in [0.05, 0.1) is 0 Å². The summed E-state index contributed by atoms with van der Waals surface area (Å²) in [6.07, 6.45) is 1.38. The maximum atomic E-state index is 11.0. The Morgan fingerprint density at radius 2 is 2.06 bits per heavy atom. The first-order chi connectivity index (χ1) is 8.61. The zero-order chi connectivity index (χ0) is 13.1. The zero-order valence-corrected chi connectivity index (χ0v) is 9.42. The number of nitriles is 1. The Morgan fingerprint density at radius 3 is 2.72 bits per heavy atom. The molecule has 18 heavy (non-hydrogen) atoms. The Kier molecular flexibility index (Phi) is 2.98. The van der Waals surface area contributed by atoms with Crippen molar-refractivity contribution < 1.29 is 9.90 Å². The summed E-state index contributed by atoms with van der Waals surface area (Å²) in [7, 11) is 0. The van der Waals surface area contributed by atoms with E-state index in [2.05, 4.69) is 0 Å². The molecule has 2 aromatic carbocycles. The highest BCUT2D eigenvalue weighted by molar-refractivity contribution is 6.03. The summed E-state index contributed by atoms with van der Waals surface area (Å²) in [5.74, 6) is -0.716. The van der Waals surface area contributed by atoms with Gasteiger partial charge in [0.2, 0.25) is 0 Å². The summed E-state index contributed by atoms with van der Waals surface area (Å²) in [6.45, 7) is 0. The van der Waals surface area contributed by atoms with Crippen molar-refractivity contribution in [2.75, 3.05) is 0 Å². The van der Waals surface area contributed by atoms with E-state index in [9.17, 15) is 9.90 Å². The standard InChI is InChI=1S/C14H10N2O2/c15-8-11(14(16)18)5-10-7-12(17)6-9-3-1-2-4-13(9)10/h1-7,17H,(H2,16,18)/b11-5-. The Bertz CT molecular complexity index is 696. The molecule has 2 rings (SSSR count). The quantitative estimate of drug-likeness (QED) is 0.619. The molecule has 1 amide bonds. The number of rotatable bonds is 2. The predicted octanol–water partition coefficient (Wildman–Crippen LogP) is 1.94. The van der Waals surface area contributed by atoms with Gasteiger partial charge in [-0.05, 0) is 34.5 Å². The molecule has 0 aromatic heterocycles. The number of aromatic hydroxyl groups is 1. The molecule has 88 valence electrons. The van der Waals surface area contributed by atoms with Crippen LogP contribution in [0.15, 0.2) is 42.0 Å². The zero-order valence-electron chi connectivity index (χ0n) is 9.42. The smallest absolute Gasteiger partial charge is 0.259 e. The summed E-state index contributed by atoms with van der Waals surface area (Å²) in [5, 5.41) is 20.1. The van der Waals surface area contributed by atoms with Crippen LogP contribution in [0.5, 0.6) is 5.75 Å². The third kappa shape index (κ3) is 2.15. The normalized spacial score (nSPS) is 11.2. The fourth-order valence-corrected chi connectivity index (χ4v) is 1.76. The van der Waals surface area contributed by atoms with E-state index in [1.807, 2.05) is 24.3 Å². The van der Waals surface area contributed by atoms with Crippen LogP contribution < -0.4 is 5.73 Å². The number of fused-ring (bicyclic) bond motifs is 1. The Balaban J connectivity index is 2.72. The molecule has 0 saturated carbocycles. The van der Waals surface area contributed by atoms with Gasteiger partial charge in [-0.2, -0.15) is 5.26 Å². The van der Waals surface area contributed by atoms with Crippen molar-refractivity contribution in [1.82, 2.24) is 0 Å². The first-order valence-electron chi connectivity index (χ1n) is 5.25. The van der Waals surface area contributed by atoms with Gasteiger partial charge in [-0.15, -0.1) is 0 Å². The Morgan fingerprint density at radius 1 is 1.33 bits per heavy atom. The van der Waals surface area contributed by atoms with Gasteiger partial charge in [-0.1, -0.05) is 24.3 Å². The third-order valence-electron chi connectivity index (χ3n) is 2.56. The van der Waals surface area contributed by atoms with Crippen LogP contribution >= 0.6 is 0 Å². The van der Waals surface area contributed by atoms with Crippen LogP contribution in [0.25, 0.3) is 16.8 Å². The number of carbonyl (C=O) groups is 1. The molecule has 0 bridgehead atoms. The highest BCUT2D eigenvalue weighted by atomic mass is 16.3. The minimum Gasteiger partial charge on any atom is -0.508 e. The summed E-state index contributed by atoms with van der Waals surface area (Å²) >= 11 is 0. The summed E-state index contributed by atoms with van der Waals surface area (Å²) in [5.41, 5.74) is 5.52. The average Bonchev–Trinajstić information content (AvgIpc) is 2.35. The lowest BCUT2D eigenvalue weighted by atomic mass is 10.0. The highest BCUT2D eigenvalue weighted by Crippen LogP contribution is 2.26. The van der Waals surface area contributed by atoms with Crippen LogP contribution in [0.2, 0.25) is 0 Å². The number of nitrogens with zero attached hydrogens (tertiary/aromatic N) is 1. The van der Waals surface area contributed by atoms with Crippen molar-refractivity contribution in [3.05, 3.63) is 47.5 Å². The number of carbonyl (C=O) groups excluding carboxylic acids is 1. The van der Waals surface area contributed by atoms with Gasteiger partial charge in [-0.3, -0.25) is 4.79 Å². The SMILES string of the molecule is N#C/C(=C/c1cc(O)cc2ccccc12)C(N)=O. The van der Waals surface area contributed by atoms with Gasteiger partial charge in [0.25, 0.3) is 5.91 Å². The number of phenolic OH excluding ortho intramolecular Hbond substituents is 1. The van der Waals surface area contributed by atoms with Gasteiger partial charge >= 0.3 is 0 Å². The fourth-order valence-electron chi connectivity index (χ4n) is 1.76. The molecule has 0 fully saturated rings. The molecular weight excluding hydrogens is 228 g/mol. The second-order valence-corrected chi connectivity index (χ2v) is 3.79. The number of nitrogens with two attached hydrogens (primary N) is 1. The van der Waals surface area contributed by atoms with Crippen molar-refractivity contribution in [3.63, 3.8) is 0 Å². The van der Waals surface area contributed by atoms with Crippen LogP contribution in [-0.2, 0) is 4.79 Å². The fraction of sp³-hybridized carbons (Fsp3) is 0. The molecular formula is C14H10N2O2. The van der Waals surface area contributed by atoms with Crippen LogP contribution in [0.1, 0.15) is 5.56 Å². The van der Waals surface area contributed by atoms with Gasteiger partial charge in [-0.25, -0.2) is 0 Å². The summed E-state index contributed by atoms with van der Waals surface area (Å²) < 4.78 is 0. The van der Waals surface area contributed by atoms with E-state index in [0.717, 1.165) is 10.8 Å². The van der Waals surface area contributed by atoms with Gasteiger partial charge in [0.1, 0.15) is 17.4 Å². The first-order valence-corrected chi connectivity index (χ1v) is 5.25. The summed E-state index contributed by atoms with van der Waals surface area (Å²) in [4.78, 5) is 11.0. The van der Waals surface area contributed by atoms with Crippen molar-refractivity contribution in [2.45, 2.75) is 0 Å². The lowest BCUT2D eigenvalue weighted by molar-refractivity contribution is -0.114. The molecule has 0 atom stereocenters.